The average molecular weight is 263 g/mol. The van der Waals surface area contributed by atoms with Gasteiger partial charge in [0, 0.05) is 38.3 Å². The minimum Gasteiger partial charge on any atom is -0.367 e. The molecule has 1 aromatic rings. The van der Waals surface area contributed by atoms with Crippen molar-refractivity contribution < 1.29 is 0 Å². The van der Waals surface area contributed by atoms with E-state index in [1.165, 1.54) is 0 Å². The van der Waals surface area contributed by atoms with Gasteiger partial charge in [-0.1, -0.05) is 13.8 Å². The van der Waals surface area contributed by atoms with Crippen molar-refractivity contribution in [2.75, 3.05) is 42.9 Å². The van der Waals surface area contributed by atoms with Crippen LogP contribution in [0.3, 0.4) is 0 Å². The predicted molar refractivity (Wildman–Crippen MR) is 79.7 cm³/mol. The summed E-state index contributed by atoms with van der Waals surface area (Å²) in [6.07, 6.45) is 2.75. The fourth-order valence-electron chi connectivity index (χ4n) is 2.25. The third-order valence-corrected chi connectivity index (χ3v) is 3.80. The van der Waals surface area contributed by atoms with Gasteiger partial charge in [-0.2, -0.15) is 0 Å². The number of hydrogen-bond donors (Lipinski definition) is 1. The Morgan fingerprint density at radius 3 is 2.58 bits per heavy atom. The summed E-state index contributed by atoms with van der Waals surface area (Å²) in [7, 11) is 0. The van der Waals surface area contributed by atoms with Crippen molar-refractivity contribution in [2.24, 2.45) is 0 Å². The Hall–Kier alpha value is -1.36. The van der Waals surface area contributed by atoms with Gasteiger partial charge in [0.1, 0.15) is 18.0 Å². The van der Waals surface area contributed by atoms with E-state index in [9.17, 15) is 0 Å². The Bertz CT molecular complexity index is 387. The number of piperazine rings is 1. The van der Waals surface area contributed by atoms with Gasteiger partial charge in [0.05, 0.1) is 0 Å². The van der Waals surface area contributed by atoms with Crippen LogP contribution < -0.4 is 10.2 Å². The van der Waals surface area contributed by atoms with E-state index in [0.29, 0.717) is 6.04 Å². The highest BCUT2D eigenvalue weighted by molar-refractivity contribution is 5.49. The Labute approximate surface area is 116 Å². The maximum Gasteiger partial charge on any atom is 0.134 e. The molecule has 1 aliphatic heterocycles. The number of likely N-dealkylation sites (N-methyl/N-ethyl adjacent to an activating group) is 1. The minimum atomic E-state index is 0.444. The largest absolute Gasteiger partial charge is 0.367 e. The fourth-order valence-corrected chi connectivity index (χ4v) is 2.25. The van der Waals surface area contributed by atoms with Crippen LogP contribution in [0.25, 0.3) is 0 Å². The van der Waals surface area contributed by atoms with Crippen LogP contribution in [-0.2, 0) is 0 Å². The first-order valence-corrected chi connectivity index (χ1v) is 7.28. The van der Waals surface area contributed by atoms with E-state index in [4.69, 9.17) is 0 Å². The topological polar surface area (TPSA) is 44.3 Å². The van der Waals surface area contributed by atoms with Crippen LogP contribution in [0.4, 0.5) is 11.6 Å². The maximum atomic E-state index is 4.40. The third kappa shape index (κ3) is 3.80. The van der Waals surface area contributed by atoms with Gasteiger partial charge in [0.15, 0.2) is 0 Å². The highest BCUT2D eigenvalue weighted by atomic mass is 15.3. The number of rotatable bonds is 5. The first-order valence-electron chi connectivity index (χ1n) is 7.28. The van der Waals surface area contributed by atoms with Crippen LogP contribution in [0.1, 0.15) is 27.2 Å². The van der Waals surface area contributed by atoms with Gasteiger partial charge in [-0.3, -0.25) is 0 Å². The van der Waals surface area contributed by atoms with E-state index in [-0.39, 0.29) is 0 Å². The summed E-state index contributed by atoms with van der Waals surface area (Å²) in [6, 6.07) is 2.51. The van der Waals surface area contributed by atoms with Crippen LogP contribution in [0.5, 0.6) is 0 Å². The molecule has 0 aliphatic carbocycles. The highest BCUT2D eigenvalue weighted by Crippen LogP contribution is 2.16. The molecule has 2 rings (SSSR count). The number of nitrogens with zero attached hydrogens (tertiary/aromatic N) is 4. The number of nitrogens with one attached hydrogen (secondary N) is 1. The molecule has 19 heavy (non-hydrogen) atoms. The summed E-state index contributed by atoms with van der Waals surface area (Å²) in [6.45, 7) is 12.0. The predicted octanol–water partition coefficient (Wildman–Crippen LogP) is 1.83. The van der Waals surface area contributed by atoms with Crippen LogP contribution in [-0.4, -0.2) is 53.6 Å². The molecule has 1 aliphatic rings. The quantitative estimate of drug-likeness (QED) is 0.878. The van der Waals surface area contributed by atoms with Crippen LogP contribution in [0.2, 0.25) is 0 Å². The molecule has 2 heterocycles. The van der Waals surface area contributed by atoms with E-state index in [0.717, 1.165) is 50.8 Å². The van der Waals surface area contributed by atoms with Gasteiger partial charge in [0.2, 0.25) is 0 Å². The maximum absolute atomic E-state index is 4.40. The van der Waals surface area contributed by atoms with Crippen molar-refractivity contribution >= 4 is 11.6 Å². The molecule has 1 unspecified atom stereocenters. The molecule has 0 spiro atoms. The molecule has 1 aromatic heterocycles. The fraction of sp³-hybridized carbons (Fsp3) is 0.714. The Kier molecular flexibility index (Phi) is 4.96. The lowest BCUT2D eigenvalue weighted by atomic mass is 10.2. The van der Waals surface area contributed by atoms with Crippen molar-refractivity contribution in [3.8, 4) is 0 Å². The molecular formula is C14H25N5. The Morgan fingerprint density at radius 1 is 1.21 bits per heavy atom. The molecular weight excluding hydrogens is 238 g/mol. The number of hydrogen-bond acceptors (Lipinski definition) is 5. The summed E-state index contributed by atoms with van der Waals surface area (Å²) >= 11 is 0. The van der Waals surface area contributed by atoms with Crippen LogP contribution in [0, 0.1) is 0 Å². The molecule has 0 saturated carbocycles. The third-order valence-electron chi connectivity index (χ3n) is 3.80. The molecule has 0 radical (unpaired) electrons. The highest BCUT2D eigenvalue weighted by Gasteiger charge is 2.17. The lowest BCUT2D eigenvalue weighted by Gasteiger charge is -2.34. The zero-order valence-electron chi connectivity index (χ0n) is 12.3. The SMILES string of the molecule is CCC(C)Nc1cc(N2CCN(CC)CC2)ncn1. The van der Waals surface area contributed by atoms with Gasteiger partial charge < -0.3 is 15.1 Å². The van der Waals surface area contributed by atoms with Gasteiger partial charge >= 0.3 is 0 Å². The van der Waals surface area contributed by atoms with Gasteiger partial charge in [0.25, 0.3) is 0 Å². The number of aromatic nitrogens is 2. The Morgan fingerprint density at radius 2 is 1.95 bits per heavy atom. The zero-order valence-corrected chi connectivity index (χ0v) is 12.3. The molecule has 5 heteroatoms. The first kappa shape index (κ1) is 14.1. The van der Waals surface area contributed by atoms with Gasteiger partial charge in [-0.05, 0) is 19.9 Å². The molecule has 0 aromatic carbocycles. The summed E-state index contributed by atoms with van der Waals surface area (Å²) in [4.78, 5) is 13.5. The van der Waals surface area contributed by atoms with Crippen molar-refractivity contribution in [3.63, 3.8) is 0 Å². The van der Waals surface area contributed by atoms with E-state index in [2.05, 4.69) is 51.9 Å². The van der Waals surface area contributed by atoms with Gasteiger partial charge in [-0.25, -0.2) is 9.97 Å². The van der Waals surface area contributed by atoms with Gasteiger partial charge in [-0.15, -0.1) is 0 Å². The lowest BCUT2D eigenvalue weighted by molar-refractivity contribution is 0.270. The van der Waals surface area contributed by atoms with E-state index < -0.39 is 0 Å². The summed E-state index contributed by atoms with van der Waals surface area (Å²) in [5.74, 6) is 1.97. The summed E-state index contributed by atoms with van der Waals surface area (Å²) < 4.78 is 0. The molecule has 1 saturated heterocycles. The standard InChI is InChI=1S/C14H25N5/c1-4-12(3)17-13-10-14(16-11-15-13)19-8-6-18(5-2)7-9-19/h10-12H,4-9H2,1-3H3,(H,15,16,17). The van der Waals surface area contributed by atoms with Crippen molar-refractivity contribution in [2.45, 2.75) is 33.2 Å². The van der Waals surface area contributed by atoms with E-state index >= 15 is 0 Å². The smallest absolute Gasteiger partial charge is 0.134 e. The second-order valence-corrected chi connectivity index (χ2v) is 5.14. The molecule has 5 nitrogen and oxygen atoms in total. The first-order chi connectivity index (χ1) is 9.22. The minimum absolute atomic E-state index is 0.444. The van der Waals surface area contributed by atoms with E-state index in [1.807, 2.05) is 0 Å². The lowest BCUT2D eigenvalue weighted by Crippen LogP contribution is -2.46. The molecule has 0 amide bonds. The normalized spacial score (nSPS) is 18.4. The monoisotopic (exact) mass is 263 g/mol. The number of anilines is 2. The summed E-state index contributed by atoms with van der Waals surface area (Å²) in [5, 5.41) is 3.40. The molecule has 0 bridgehead atoms. The van der Waals surface area contributed by atoms with Crippen LogP contribution in [0.15, 0.2) is 12.4 Å². The Balaban J connectivity index is 1.99. The second kappa shape index (κ2) is 6.70. The summed E-state index contributed by atoms with van der Waals surface area (Å²) in [5.41, 5.74) is 0. The second-order valence-electron chi connectivity index (χ2n) is 5.14. The zero-order chi connectivity index (χ0) is 13.7. The molecule has 1 N–H and O–H groups in total. The molecule has 106 valence electrons. The molecule has 1 fully saturated rings. The van der Waals surface area contributed by atoms with Crippen molar-refractivity contribution in [3.05, 3.63) is 12.4 Å². The molecule has 1 atom stereocenters. The van der Waals surface area contributed by atoms with Crippen molar-refractivity contribution in [1.82, 2.24) is 14.9 Å². The van der Waals surface area contributed by atoms with Crippen LogP contribution >= 0.6 is 0 Å². The van der Waals surface area contributed by atoms with Crippen molar-refractivity contribution in [1.29, 1.82) is 0 Å². The van der Waals surface area contributed by atoms with E-state index in [1.54, 1.807) is 6.33 Å². The average Bonchev–Trinajstić information content (AvgIpc) is 2.47.